The van der Waals surface area contributed by atoms with Gasteiger partial charge in [0.15, 0.2) is 11.1 Å². The van der Waals surface area contributed by atoms with Crippen LogP contribution in [0.15, 0.2) is 84.2 Å². The Hall–Kier alpha value is -4.79. The van der Waals surface area contributed by atoms with Gasteiger partial charge < -0.3 is 20.9 Å². The molecular weight excluding hydrogens is 406 g/mol. The number of carbonyl (C=O) groups excluding carboxylic acids is 1. The number of amides is 2. The second kappa shape index (κ2) is 7.80. The molecule has 0 unspecified atom stereocenters. The molecule has 0 radical (unpaired) electrons. The van der Waals surface area contributed by atoms with Crippen LogP contribution in [0.3, 0.4) is 0 Å². The van der Waals surface area contributed by atoms with Crippen LogP contribution in [0.2, 0.25) is 0 Å². The largest absolute Gasteiger partial charge is 0.383 e. The first-order valence-corrected chi connectivity index (χ1v) is 9.73. The summed E-state index contributed by atoms with van der Waals surface area (Å²) < 4.78 is 1.74. The van der Waals surface area contributed by atoms with Gasteiger partial charge in [0.25, 0.3) is 0 Å². The van der Waals surface area contributed by atoms with Gasteiger partial charge >= 0.3 is 6.03 Å². The lowest BCUT2D eigenvalue weighted by Crippen LogP contribution is -2.19. The van der Waals surface area contributed by atoms with E-state index in [0.29, 0.717) is 17.0 Å². The SMILES string of the molecule is Nc1ncnc2c1c(=O)ccn2-c1ccc(NC(=O)Nc2cnc3ccccc3c2)cc1. The minimum Gasteiger partial charge on any atom is -0.383 e. The van der Waals surface area contributed by atoms with Crippen LogP contribution in [0.5, 0.6) is 0 Å². The number of nitrogens with one attached hydrogen (secondary N) is 2. The minimum absolute atomic E-state index is 0.132. The van der Waals surface area contributed by atoms with Crippen LogP contribution >= 0.6 is 0 Å². The van der Waals surface area contributed by atoms with E-state index in [0.717, 1.165) is 16.6 Å². The molecule has 0 atom stereocenters. The van der Waals surface area contributed by atoms with Gasteiger partial charge in [-0.1, -0.05) is 18.2 Å². The molecule has 9 nitrogen and oxygen atoms in total. The lowest BCUT2D eigenvalue weighted by atomic mass is 10.2. The molecule has 156 valence electrons. The third-order valence-electron chi connectivity index (χ3n) is 4.96. The number of urea groups is 1. The zero-order valence-corrected chi connectivity index (χ0v) is 16.7. The number of pyridine rings is 2. The molecule has 0 saturated carbocycles. The van der Waals surface area contributed by atoms with E-state index >= 15 is 0 Å². The van der Waals surface area contributed by atoms with Gasteiger partial charge in [0, 0.05) is 29.0 Å². The number of aromatic nitrogens is 4. The summed E-state index contributed by atoms with van der Waals surface area (Å²) >= 11 is 0. The monoisotopic (exact) mass is 423 g/mol. The summed E-state index contributed by atoms with van der Waals surface area (Å²) in [5.74, 6) is 0.132. The molecule has 3 heterocycles. The summed E-state index contributed by atoms with van der Waals surface area (Å²) in [6, 6.07) is 17.7. The zero-order valence-electron chi connectivity index (χ0n) is 16.7. The van der Waals surface area contributed by atoms with Crippen molar-refractivity contribution in [2.24, 2.45) is 0 Å². The van der Waals surface area contributed by atoms with Gasteiger partial charge in [-0.3, -0.25) is 9.78 Å². The van der Waals surface area contributed by atoms with Crippen molar-refractivity contribution < 1.29 is 4.79 Å². The summed E-state index contributed by atoms with van der Waals surface area (Å²) in [6.45, 7) is 0. The number of rotatable bonds is 3. The predicted molar refractivity (Wildman–Crippen MR) is 124 cm³/mol. The van der Waals surface area contributed by atoms with E-state index in [1.807, 2.05) is 30.3 Å². The van der Waals surface area contributed by atoms with E-state index in [-0.39, 0.29) is 22.7 Å². The van der Waals surface area contributed by atoms with E-state index in [1.165, 1.54) is 12.4 Å². The topological polar surface area (TPSA) is 128 Å². The number of hydrogen-bond donors (Lipinski definition) is 3. The van der Waals surface area contributed by atoms with Crippen molar-refractivity contribution in [1.82, 2.24) is 19.5 Å². The number of benzene rings is 2. The fraction of sp³-hybridized carbons (Fsp3) is 0. The summed E-state index contributed by atoms with van der Waals surface area (Å²) in [5, 5.41) is 6.77. The maximum absolute atomic E-state index is 12.4. The fourth-order valence-corrected chi connectivity index (χ4v) is 3.45. The molecule has 0 saturated heterocycles. The number of para-hydroxylation sites is 1. The summed E-state index contributed by atoms with van der Waals surface area (Å²) in [4.78, 5) is 37.0. The molecule has 4 N–H and O–H groups in total. The Morgan fingerprint density at radius 3 is 2.53 bits per heavy atom. The first kappa shape index (κ1) is 19.2. The molecule has 2 aromatic carbocycles. The van der Waals surface area contributed by atoms with Gasteiger partial charge in [-0.05, 0) is 36.4 Å². The molecule has 0 fully saturated rings. The third kappa shape index (κ3) is 3.58. The first-order valence-electron chi connectivity index (χ1n) is 9.73. The number of anilines is 3. The molecule has 3 aromatic heterocycles. The van der Waals surface area contributed by atoms with Crippen LogP contribution in [0.1, 0.15) is 0 Å². The van der Waals surface area contributed by atoms with E-state index in [2.05, 4.69) is 25.6 Å². The summed E-state index contributed by atoms with van der Waals surface area (Å²) in [5.41, 5.74) is 8.81. The van der Waals surface area contributed by atoms with Crippen LogP contribution in [-0.4, -0.2) is 25.6 Å². The van der Waals surface area contributed by atoms with Gasteiger partial charge in [-0.2, -0.15) is 0 Å². The zero-order chi connectivity index (χ0) is 22.1. The highest BCUT2D eigenvalue weighted by Crippen LogP contribution is 2.20. The van der Waals surface area contributed by atoms with Gasteiger partial charge in [0.05, 0.1) is 17.4 Å². The number of nitrogens with two attached hydrogens (primary N) is 1. The fourth-order valence-electron chi connectivity index (χ4n) is 3.45. The average molecular weight is 423 g/mol. The van der Waals surface area contributed by atoms with Crippen LogP contribution in [0.25, 0.3) is 27.6 Å². The maximum Gasteiger partial charge on any atom is 0.323 e. The van der Waals surface area contributed by atoms with Crippen molar-refractivity contribution in [3.05, 3.63) is 89.6 Å². The number of nitrogen functional groups attached to an aromatic ring is 1. The molecule has 0 bridgehead atoms. The molecule has 0 aliphatic carbocycles. The highest BCUT2D eigenvalue weighted by Gasteiger charge is 2.10. The Morgan fingerprint density at radius 1 is 0.906 bits per heavy atom. The standard InChI is InChI=1S/C23H17N7O2/c24-21-20-19(31)9-10-30(22(20)27-13-26-21)17-7-5-15(6-8-17)28-23(32)29-16-11-14-3-1-2-4-18(14)25-12-16/h1-13H,(H2,24,26,27)(H2,28,29,32). The van der Waals surface area contributed by atoms with Gasteiger partial charge in [-0.25, -0.2) is 14.8 Å². The number of fused-ring (bicyclic) bond motifs is 2. The van der Waals surface area contributed by atoms with Crippen LogP contribution in [0, 0.1) is 0 Å². The molecule has 32 heavy (non-hydrogen) atoms. The maximum atomic E-state index is 12.4. The number of hydrogen-bond acceptors (Lipinski definition) is 6. The van der Waals surface area contributed by atoms with E-state index in [1.54, 1.807) is 41.2 Å². The number of carbonyl (C=O) groups is 1. The van der Waals surface area contributed by atoms with E-state index in [9.17, 15) is 9.59 Å². The Bertz CT molecular complexity index is 1530. The molecule has 0 aliphatic heterocycles. The Labute approximate surface area is 181 Å². The van der Waals surface area contributed by atoms with Gasteiger partial charge in [-0.15, -0.1) is 0 Å². The van der Waals surface area contributed by atoms with Crippen LogP contribution in [0.4, 0.5) is 22.0 Å². The van der Waals surface area contributed by atoms with Crippen molar-refractivity contribution in [2.75, 3.05) is 16.4 Å². The van der Waals surface area contributed by atoms with Crippen molar-refractivity contribution in [2.45, 2.75) is 0 Å². The summed E-state index contributed by atoms with van der Waals surface area (Å²) in [6.07, 6.45) is 4.55. The molecule has 9 heteroatoms. The average Bonchev–Trinajstić information content (AvgIpc) is 2.80. The Kier molecular flexibility index (Phi) is 4.68. The lowest BCUT2D eigenvalue weighted by molar-refractivity contribution is 0.262. The highest BCUT2D eigenvalue weighted by atomic mass is 16.2. The molecule has 5 rings (SSSR count). The second-order valence-electron chi connectivity index (χ2n) is 7.05. The van der Waals surface area contributed by atoms with E-state index in [4.69, 9.17) is 5.73 Å². The van der Waals surface area contributed by atoms with Crippen molar-refractivity contribution in [1.29, 1.82) is 0 Å². The lowest BCUT2D eigenvalue weighted by Gasteiger charge is -2.12. The van der Waals surface area contributed by atoms with Crippen molar-refractivity contribution in [3.8, 4) is 5.69 Å². The predicted octanol–water partition coefficient (Wildman–Crippen LogP) is 3.56. The Balaban J connectivity index is 1.35. The quantitative estimate of drug-likeness (QED) is 0.407. The Morgan fingerprint density at radius 2 is 1.69 bits per heavy atom. The van der Waals surface area contributed by atoms with Crippen LogP contribution < -0.4 is 21.8 Å². The van der Waals surface area contributed by atoms with Crippen LogP contribution in [-0.2, 0) is 0 Å². The van der Waals surface area contributed by atoms with Gasteiger partial charge in [0.1, 0.15) is 17.5 Å². The molecule has 2 amide bonds. The van der Waals surface area contributed by atoms with E-state index < -0.39 is 0 Å². The highest BCUT2D eigenvalue weighted by molar-refractivity contribution is 6.00. The third-order valence-corrected chi connectivity index (χ3v) is 4.96. The second-order valence-corrected chi connectivity index (χ2v) is 7.05. The minimum atomic E-state index is -0.385. The smallest absolute Gasteiger partial charge is 0.323 e. The van der Waals surface area contributed by atoms with Crippen molar-refractivity contribution in [3.63, 3.8) is 0 Å². The van der Waals surface area contributed by atoms with Crippen molar-refractivity contribution >= 4 is 45.2 Å². The first-order chi connectivity index (χ1) is 15.6. The molecule has 0 spiro atoms. The molecular formula is C23H17N7O2. The summed E-state index contributed by atoms with van der Waals surface area (Å²) in [7, 11) is 0. The molecule has 0 aliphatic rings. The normalized spacial score (nSPS) is 10.9. The molecule has 5 aromatic rings. The van der Waals surface area contributed by atoms with Gasteiger partial charge in [0.2, 0.25) is 0 Å². The number of nitrogens with zero attached hydrogens (tertiary/aromatic N) is 4.